The molecule has 0 bridgehead atoms. The van der Waals surface area contributed by atoms with Gasteiger partial charge in [0.1, 0.15) is 0 Å². The molecule has 1 heterocycles. The second-order valence-electron chi connectivity index (χ2n) is 3.75. The van der Waals surface area contributed by atoms with Crippen molar-refractivity contribution in [2.24, 2.45) is 5.73 Å². The highest BCUT2D eigenvalue weighted by molar-refractivity contribution is 5.89. The highest BCUT2D eigenvalue weighted by Gasteiger charge is 2.04. The fourth-order valence-electron chi connectivity index (χ4n) is 1.39. The van der Waals surface area contributed by atoms with Gasteiger partial charge >= 0.3 is 0 Å². The predicted molar refractivity (Wildman–Crippen MR) is 72.9 cm³/mol. The molecule has 0 aliphatic carbocycles. The lowest BCUT2D eigenvalue weighted by Crippen LogP contribution is -2.14. The highest BCUT2D eigenvalue weighted by atomic mass is 35.5. The van der Waals surface area contributed by atoms with Crippen molar-refractivity contribution in [1.29, 1.82) is 0 Å². The first kappa shape index (κ1) is 16.9. The lowest BCUT2D eigenvalue weighted by molar-refractivity contribution is -0.116. The Morgan fingerprint density at radius 3 is 3.00 bits per heavy atom. The first-order chi connectivity index (χ1) is 8.26. The molecule has 1 rings (SSSR count). The minimum atomic E-state index is -0.0439. The Hall–Kier alpha value is -1.11. The Balaban J connectivity index is 0.00000289. The zero-order valence-corrected chi connectivity index (χ0v) is 11.4. The van der Waals surface area contributed by atoms with Gasteiger partial charge in [0.15, 0.2) is 5.82 Å². The first-order valence-corrected chi connectivity index (χ1v) is 5.78. The van der Waals surface area contributed by atoms with Crippen molar-refractivity contribution in [1.82, 2.24) is 9.78 Å². The van der Waals surface area contributed by atoms with Crippen molar-refractivity contribution in [3.63, 3.8) is 0 Å². The zero-order valence-electron chi connectivity index (χ0n) is 10.6. The molecule has 1 aromatic heterocycles. The minimum Gasteiger partial charge on any atom is -0.385 e. The molecular formula is C11H21ClN4O2. The number of hydrogen-bond acceptors (Lipinski definition) is 4. The van der Waals surface area contributed by atoms with E-state index in [1.54, 1.807) is 17.9 Å². The topological polar surface area (TPSA) is 82.2 Å². The third-order valence-electron chi connectivity index (χ3n) is 2.25. The smallest absolute Gasteiger partial charge is 0.225 e. The van der Waals surface area contributed by atoms with E-state index in [1.807, 2.05) is 6.20 Å². The number of nitrogens with one attached hydrogen (secondary N) is 1. The van der Waals surface area contributed by atoms with Crippen molar-refractivity contribution >= 4 is 24.1 Å². The summed E-state index contributed by atoms with van der Waals surface area (Å²) in [6.07, 6.45) is 3.88. The van der Waals surface area contributed by atoms with Gasteiger partial charge in [-0.3, -0.25) is 9.48 Å². The van der Waals surface area contributed by atoms with Crippen molar-refractivity contribution < 1.29 is 9.53 Å². The van der Waals surface area contributed by atoms with Crippen molar-refractivity contribution in [2.45, 2.75) is 25.8 Å². The number of methoxy groups -OCH3 is 1. The number of aryl methyl sites for hydroxylation is 1. The fraction of sp³-hybridized carbons (Fsp3) is 0.636. The Kier molecular flexibility index (Phi) is 9.26. The first-order valence-electron chi connectivity index (χ1n) is 5.78. The standard InChI is InChI=1S/C11H20N4O2.ClH/c1-17-9-3-7-15-8-5-10(14-15)13-11(16)4-2-6-12;/h5,8H,2-4,6-7,9,12H2,1H3,(H,13,14,16);1H. The summed E-state index contributed by atoms with van der Waals surface area (Å²) in [5.74, 6) is 0.544. The van der Waals surface area contributed by atoms with Gasteiger partial charge in [-0.15, -0.1) is 12.4 Å². The summed E-state index contributed by atoms with van der Waals surface area (Å²) in [4.78, 5) is 11.4. The molecule has 0 unspecified atom stereocenters. The Morgan fingerprint density at radius 2 is 2.33 bits per heavy atom. The lowest BCUT2D eigenvalue weighted by Gasteiger charge is -2.02. The minimum absolute atomic E-state index is 0. The maximum atomic E-state index is 11.4. The van der Waals surface area contributed by atoms with Crippen LogP contribution in [0.4, 0.5) is 5.82 Å². The second-order valence-corrected chi connectivity index (χ2v) is 3.75. The zero-order chi connectivity index (χ0) is 12.5. The number of carbonyl (C=O) groups is 1. The number of rotatable bonds is 8. The van der Waals surface area contributed by atoms with Crippen LogP contribution < -0.4 is 11.1 Å². The summed E-state index contributed by atoms with van der Waals surface area (Å²) >= 11 is 0. The highest BCUT2D eigenvalue weighted by Crippen LogP contribution is 2.04. The van der Waals surface area contributed by atoms with E-state index >= 15 is 0 Å². The largest absolute Gasteiger partial charge is 0.385 e. The molecule has 0 saturated heterocycles. The predicted octanol–water partition coefficient (Wildman–Crippen LogP) is 1.02. The number of anilines is 1. The van der Waals surface area contributed by atoms with Gasteiger partial charge in [0.25, 0.3) is 0 Å². The van der Waals surface area contributed by atoms with Crippen LogP contribution in [0.25, 0.3) is 0 Å². The monoisotopic (exact) mass is 276 g/mol. The quantitative estimate of drug-likeness (QED) is 0.695. The van der Waals surface area contributed by atoms with E-state index in [4.69, 9.17) is 10.5 Å². The van der Waals surface area contributed by atoms with Crippen molar-refractivity contribution in [3.8, 4) is 0 Å². The summed E-state index contributed by atoms with van der Waals surface area (Å²) in [5.41, 5.74) is 5.33. The molecule has 104 valence electrons. The van der Waals surface area contributed by atoms with E-state index < -0.39 is 0 Å². The molecule has 0 aromatic carbocycles. The average Bonchev–Trinajstić information content (AvgIpc) is 2.74. The van der Waals surface area contributed by atoms with Gasteiger partial charge in [0.2, 0.25) is 5.91 Å². The second kappa shape index (κ2) is 9.87. The van der Waals surface area contributed by atoms with Crippen LogP contribution in [0.2, 0.25) is 0 Å². The number of aromatic nitrogens is 2. The molecule has 1 amide bonds. The van der Waals surface area contributed by atoms with Gasteiger partial charge in [0, 0.05) is 38.9 Å². The number of nitrogens with zero attached hydrogens (tertiary/aromatic N) is 2. The third-order valence-corrected chi connectivity index (χ3v) is 2.25. The normalized spacial score (nSPS) is 9.89. The van der Waals surface area contributed by atoms with E-state index in [0.29, 0.717) is 31.8 Å². The van der Waals surface area contributed by atoms with E-state index in [2.05, 4.69) is 10.4 Å². The number of nitrogens with two attached hydrogens (primary N) is 1. The summed E-state index contributed by atoms with van der Waals surface area (Å²) in [6.45, 7) is 2.02. The van der Waals surface area contributed by atoms with Crippen LogP contribution in [0, 0.1) is 0 Å². The van der Waals surface area contributed by atoms with E-state index in [0.717, 1.165) is 13.0 Å². The van der Waals surface area contributed by atoms with E-state index in [-0.39, 0.29) is 18.3 Å². The summed E-state index contributed by atoms with van der Waals surface area (Å²) < 4.78 is 6.75. The number of halogens is 1. The molecule has 0 spiro atoms. The Labute approximate surface area is 113 Å². The van der Waals surface area contributed by atoms with Gasteiger partial charge in [-0.25, -0.2) is 0 Å². The van der Waals surface area contributed by atoms with Gasteiger partial charge < -0.3 is 15.8 Å². The van der Waals surface area contributed by atoms with Gasteiger partial charge in [-0.2, -0.15) is 5.10 Å². The molecule has 0 aliphatic rings. The summed E-state index contributed by atoms with van der Waals surface area (Å²) in [7, 11) is 1.67. The van der Waals surface area contributed by atoms with Gasteiger partial charge in [-0.1, -0.05) is 0 Å². The number of carbonyl (C=O) groups excluding carboxylic acids is 1. The third kappa shape index (κ3) is 6.58. The van der Waals surface area contributed by atoms with Crippen LogP contribution >= 0.6 is 12.4 Å². The summed E-state index contributed by atoms with van der Waals surface area (Å²) in [5, 5.41) is 6.96. The molecular weight excluding hydrogens is 256 g/mol. The van der Waals surface area contributed by atoms with Crippen LogP contribution in [0.5, 0.6) is 0 Å². The maximum Gasteiger partial charge on any atom is 0.225 e. The molecule has 18 heavy (non-hydrogen) atoms. The number of amides is 1. The molecule has 0 atom stereocenters. The molecule has 6 nitrogen and oxygen atoms in total. The van der Waals surface area contributed by atoms with Crippen molar-refractivity contribution in [3.05, 3.63) is 12.3 Å². The molecule has 0 radical (unpaired) electrons. The maximum absolute atomic E-state index is 11.4. The van der Waals surface area contributed by atoms with Gasteiger partial charge in [0.05, 0.1) is 0 Å². The van der Waals surface area contributed by atoms with Crippen LogP contribution in [0.3, 0.4) is 0 Å². The molecule has 0 aliphatic heterocycles. The molecule has 0 fully saturated rings. The van der Waals surface area contributed by atoms with Crippen LogP contribution in [-0.2, 0) is 16.1 Å². The van der Waals surface area contributed by atoms with Crippen LogP contribution in [0.1, 0.15) is 19.3 Å². The van der Waals surface area contributed by atoms with Crippen LogP contribution in [-0.4, -0.2) is 35.9 Å². The SMILES string of the molecule is COCCCn1ccc(NC(=O)CCCN)n1.Cl. The molecule has 7 heteroatoms. The summed E-state index contributed by atoms with van der Waals surface area (Å²) in [6, 6.07) is 1.78. The Bertz CT molecular complexity index is 344. The number of ether oxygens (including phenoxy) is 1. The average molecular weight is 277 g/mol. The van der Waals surface area contributed by atoms with Gasteiger partial charge in [-0.05, 0) is 19.4 Å². The Morgan fingerprint density at radius 1 is 1.56 bits per heavy atom. The number of hydrogen-bond donors (Lipinski definition) is 2. The van der Waals surface area contributed by atoms with Crippen molar-refractivity contribution in [2.75, 3.05) is 25.6 Å². The van der Waals surface area contributed by atoms with E-state index in [1.165, 1.54) is 0 Å². The molecule has 1 aromatic rings. The fourth-order valence-corrected chi connectivity index (χ4v) is 1.39. The van der Waals surface area contributed by atoms with Crippen LogP contribution in [0.15, 0.2) is 12.3 Å². The lowest BCUT2D eigenvalue weighted by atomic mass is 10.3. The van der Waals surface area contributed by atoms with E-state index in [9.17, 15) is 4.79 Å². The molecule has 0 saturated carbocycles. The molecule has 3 N–H and O–H groups in total.